The van der Waals surface area contributed by atoms with Crippen molar-refractivity contribution in [3.8, 4) is 0 Å². The van der Waals surface area contributed by atoms with E-state index >= 15 is 0 Å². The van der Waals surface area contributed by atoms with E-state index in [4.69, 9.17) is 10.8 Å². The SMILES string of the molecule is CCN(CC(C)(N)C(=O)O)c1ccccc1F. The first-order valence-corrected chi connectivity index (χ1v) is 5.40. The fourth-order valence-corrected chi connectivity index (χ4v) is 1.54. The number of aliphatic carboxylic acids is 1. The standard InChI is InChI=1S/C12H17FN2O2/c1-3-15(8-12(2,14)11(16)17)10-7-5-4-6-9(10)13/h4-7H,3,8,14H2,1-2H3,(H,16,17). The smallest absolute Gasteiger partial charge is 0.325 e. The minimum Gasteiger partial charge on any atom is -0.480 e. The zero-order chi connectivity index (χ0) is 13.1. The monoisotopic (exact) mass is 240 g/mol. The molecule has 1 rings (SSSR count). The van der Waals surface area contributed by atoms with Gasteiger partial charge < -0.3 is 15.7 Å². The predicted molar refractivity (Wildman–Crippen MR) is 64.5 cm³/mol. The molecule has 5 heteroatoms. The molecule has 1 unspecified atom stereocenters. The molecule has 0 fully saturated rings. The van der Waals surface area contributed by atoms with Crippen LogP contribution in [0.15, 0.2) is 24.3 Å². The van der Waals surface area contributed by atoms with Crippen molar-refractivity contribution in [1.82, 2.24) is 0 Å². The van der Waals surface area contributed by atoms with Crippen molar-refractivity contribution in [1.29, 1.82) is 0 Å². The molecule has 0 aliphatic rings. The van der Waals surface area contributed by atoms with E-state index in [1.807, 2.05) is 6.92 Å². The van der Waals surface area contributed by atoms with Gasteiger partial charge in [0.05, 0.1) is 5.69 Å². The maximum Gasteiger partial charge on any atom is 0.325 e. The first kappa shape index (κ1) is 13.4. The number of nitrogens with zero attached hydrogens (tertiary/aromatic N) is 1. The van der Waals surface area contributed by atoms with Gasteiger partial charge in [-0.2, -0.15) is 0 Å². The van der Waals surface area contributed by atoms with E-state index in [2.05, 4.69) is 0 Å². The van der Waals surface area contributed by atoms with Crippen molar-refractivity contribution < 1.29 is 14.3 Å². The molecule has 0 aliphatic carbocycles. The Hall–Kier alpha value is -1.62. The topological polar surface area (TPSA) is 66.6 Å². The number of nitrogens with two attached hydrogens (primary N) is 1. The maximum absolute atomic E-state index is 13.6. The molecule has 4 nitrogen and oxygen atoms in total. The van der Waals surface area contributed by atoms with Gasteiger partial charge in [-0.05, 0) is 26.0 Å². The average Bonchev–Trinajstić information content (AvgIpc) is 2.26. The van der Waals surface area contributed by atoms with Crippen LogP contribution < -0.4 is 10.6 Å². The lowest BCUT2D eigenvalue weighted by atomic mass is 10.0. The van der Waals surface area contributed by atoms with Crippen LogP contribution in [0.2, 0.25) is 0 Å². The van der Waals surface area contributed by atoms with Crippen molar-refractivity contribution in [3.63, 3.8) is 0 Å². The van der Waals surface area contributed by atoms with Crippen molar-refractivity contribution in [3.05, 3.63) is 30.1 Å². The molecule has 1 atom stereocenters. The fourth-order valence-electron chi connectivity index (χ4n) is 1.54. The third kappa shape index (κ3) is 3.17. The summed E-state index contributed by atoms with van der Waals surface area (Å²) < 4.78 is 13.6. The van der Waals surface area contributed by atoms with Crippen molar-refractivity contribution in [2.24, 2.45) is 5.73 Å². The highest BCUT2D eigenvalue weighted by atomic mass is 19.1. The summed E-state index contributed by atoms with van der Waals surface area (Å²) in [5.74, 6) is -1.48. The molecule has 1 aromatic rings. The van der Waals surface area contributed by atoms with E-state index in [-0.39, 0.29) is 12.4 Å². The number of benzene rings is 1. The van der Waals surface area contributed by atoms with E-state index in [0.29, 0.717) is 12.2 Å². The molecule has 17 heavy (non-hydrogen) atoms. The Balaban J connectivity index is 2.94. The number of likely N-dealkylation sites (N-methyl/N-ethyl adjacent to an activating group) is 1. The largest absolute Gasteiger partial charge is 0.480 e. The fraction of sp³-hybridized carbons (Fsp3) is 0.417. The number of hydrogen-bond acceptors (Lipinski definition) is 3. The molecule has 0 saturated heterocycles. The van der Waals surface area contributed by atoms with Crippen molar-refractivity contribution >= 4 is 11.7 Å². The number of halogens is 1. The van der Waals surface area contributed by atoms with Gasteiger partial charge in [-0.15, -0.1) is 0 Å². The number of anilines is 1. The lowest BCUT2D eigenvalue weighted by Crippen LogP contribution is -2.54. The van der Waals surface area contributed by atoms with Crippen LogP contribution in [0.1, 0.15) is 13.8 Å². The van der Waals surface area contributed by atoms with E-state index in [9.17, 15) is 9.18 Å². The van der Waals surface area contributed by atoms with Gasteiger partial charge >= 0.3 is 5.97 Å². The quantitative estimate of drug-likeness (QED) is 0.817. The second-order valence-electron chi connectivity index (χ2n) is 4.19. The minimum atomic E-state index is -1.40. The van der Waals surface area contributed by atoms with E-state index in [0.717, 1.165) is 0 Å². The van der Waals surface area contributed by atoms with Gasteiger partial charge in [0.15, 0.2) is 0 Å². The van der Waals surface area contributed by atoms with E-state index in [1.54, 1.807) is 23.1 Å². The molecular weight excluding hydrogens is 223 g/mol. The molecule has 0 radical (unpaired) electrons. The number of para-hydroxylation sites is 1. The normalized spacial score (nSPS) is 14.1. The molecule has 0 amide bonds. The molecule has 3 N–H and O–H groups in total. The summed E-state index contributed by atoms with van der Waals surface area (Å²) in [4.78, 5) is 12.6. The van der Waals surface area contributed by atoms with Gasteiger partial charge in [-0.1, -0.05) is 12.1 Å². The summed E-state index contributed by atoms with van der Waals surface area (Å²) in [7, 11) is 0. The van der Waals surface area contributed by atoms with Gasteiger partial charge in [0.2, 0.25) is 0 Å². The third-order valence-corrected chi connectivity index (χ3v) is 2.58. The average molecular weight is 240 g/mol. The van der Waals surface area contributed by atoms with Gasteiger partial charge in [-0.3, -0.25) is 4.79 Å². The molecule has 0 aromatic heterocycles. The summed E-state index contributed by atoms with van der Waals surface area (Å²) in [5, 5.41) is 8.96. The first-order valence-electron chi connectivity index (χ1n) is 5.40. The molecule has 1 aromatic carbocycles. The highest BCUT2D eigenvalue weighted by Crippen LogP contribution is 2.20. The van der Waals surface area contributed by atoms with Crippen molar-refractivity contribution in [2.75, 3.05) is 18.0 Å². The molecule has 0 bridgehead atoms. The minimum absolute atomic E-state index is 0.0553. The second kappa shape index (κ2) is 5.14. The van der Waals surface area contributed by atoms with Gasteiger partial charge in [0, 0.05) is 13.1 Å². The number of hydrogen-bond donors (Lipinski definition) is 2. The Morgan fingerprint density at radius 1 is 1.53 bits per heavy atom. The van der Waals surface area contributed by atoms with Crippen LogP contribution in [0.3, 0.4) is 0 Å². The summed E-state index contributed by atoms with van der Waals surface area (Å²) in [6.07, 6.45) is 0. The predicted octanol–water partition coefficient (Wildman–Crippen LogP) is 1.45. The van der Waals surface area contributed by atoms with Crippen LogP contribution in [0.4, 0.5) is 10.1 Å². The summed E-state index contributed by atoms with van der Waals surface area (Å²) in [5.41, 5.74) is 4.62. The summed E-state index contributed by atoms with van der Waals surface area (Å²) >= 11 is 0. The van der Waals surface area contributed by atoms with Gasteiger partial charge in [0.1, 0.15) is 11.4 Å². The second-order valence-corrected chi connectivity index (χ2v) is 4.19. The van der Waals surface area contributed by atoms with E-state index in [1.165, 1.54) is 13.0 Å². The Morgan fingerprint density at radius 2 is 2.12 bits per heavy atom. The van der Waals surface area contributed by atoms with E-state index < -0.39 is 11.5 Å². The molecule has 94 valence electrons. The Morgan fingerprint density at radius 3 is 2.59 bits per heavy atom. The lowest BCUT2D eigenvalue weighted by molar-refractivity contribution is -0.142. The number of carboxylic acids is 1. The molecule has 0 saturated carbocycles. The number of carboxylic acid groups (broad SMARTS) is 1. The zero-order valence-corrected chi connectivity index (χ0v) is 9.98. The van der Waals surface area contributed by atoms with Gasteiger partial charge in [0.25, 0.3) is 0 Å². The number of carbonyl (C=O) groups is 1. The van der Waals surface area contributed by atoms with Crippen LogP contribution in [-0.2, 0) is 4.79 Å². The highest BCUT2D eigenvalue weighted by Gasteiger charge is 2.30. The molecular formula is C12H17FN2O2. The maximum atomic E-state index is 13.6. The first-order chi connectivity index (χ1) is 7.88. The Bertz CT molecular complexity index is 407. The van der Waals surface area contributed by atoms with Crippen LogP contribution >= 0.6 is 0 Å². The number of rotatable bonds is 5. The lowest BCUT2D eigenvalue weighted by Gasteiger charge is -2.30. The van der Waals surface area contributed by atoms with Crippen molar-refractivity contribution in [2.45, 2.75) is 19.4 Å². The highest BCUT2D eigenvalue weighted by molar-refractivity contribution is 5.79. The Kier molecular flexibility index (Phi) is 4.07. The summed E-state index contributed by atoms with van der Waals surface area (Å²) in [6, 6.07) is 6.24. The molecule has 0 heterocycles. The van der Waals surface area contributed by atoms with Crippen LogP contribution in [0, 0.1) is 5.82 Å². The third-order valence-electron chi connectivity index (χ3n) is 2.58. The summed E-state index contributed by atoms with van der Waals surface area (Å²) in [6.45, 7) is 3.78. The molecule has 0 aliphatic heterocycles. The Labute approximate surface area is 99.8 Å². The zero-order valence-electron chi connectivity index (χ0n) is 9.98. The van der Waals surface area contributed by atoms with Crippen LogP contribution in [0.5, 0.6) is 0 Å². The molecule has 0 spiro atoms. The van der Waals surface area contributed by atoms with Crippen LogP contribution in [0.25, 0.3) is 0 Å². The van der Waals surface area contributed by atoms with Gasteiger partial charge in [-0.25, -0.2) is 4.39 Å². The van der Waals surface area contributed by atoms with Crippen LogP contribution in [-0.4, -0.2) is 29.7 Å².